The number of aromatic nitrogens is 1. The summed E-state index contributed by atoms with van der Waals surface area (Å²) in [7, 11) is 0. The average Bonchev–Trinajstić information content (AvgIpc) is 3.14. The smallest absolute Gasteiger partial charge is 0.292 e. The lowest BCUT2D eigenvalue weighted by Gasteiger charge is -2.45. The van der Waals surface area contributed by atoms with E-state index < -0.39 is 6.03 Å². The summed E-state index contributed by atoms with van der Waals surface area (Å²) in [5, 5.41) is 2.74. The maximum atomic E-state index is 12.5. The van der Waals surface area contributed by atoms with Crippen LogP contribution < -0.4 is 15.1 Å². The minimum absolute atomic E-state index is 0.0395. The largest absolute Gasteiger partial charge is 0.328 e. The summed E-state index contributed by atoms with van der Waals surface area (Å²) in [6.45, 7) is 4.28. The summed E-state index contributed by atoms with van der Waals surface area (Å²) in [6, 6.07) is 8.74. The summed E-state index contributed by atoms with van der Waals surface area (Å²) in [5.41, 5.74) is 2.05. The Balaban J connectivity index is 0.00000119. The Kier molecular flexibility index (Phi) is 6.20. The number of benzene rings is 1. The fourth-order valence-electron chi connectivity index (χ4n) is 4.68. The van der Waals surface area contributed by atoms with Crippen LogP contribution in [0.15, 0.2) is 36.5 Å². The van der Waals surface area contributed by atoms with Crippen molar-refractivity contribution in [3.63, 3.8) is 0 Å². The molecule has 1 N–H and O–H groups in total. The number of pyridine rings is 1. The molecule has 5 rings (SSSR count). The van der Waals surface area contributed by atoms with Crippen molar-refractivity contribution < 1.29 is 14.4 Å². The fraction of sp³-hybridized carbons (Fsp3) is 0.417. The molecule has 0 atom stereocenters. The van der Waals surface area contributed by atoms with Crippen molar-refractivity contribution in [1.29, 1.82) is 0 Å². The summed E-state index contributed by atoms with van der Waals surface area (Å²) in [4.78, 5) is 44.0. The van der Waals surface area contributed by atoms with Crippen LogP contribution in [-0.2, 0) is 9.59 Å². The number of anilines is 2. The number of nitrogens with zero attached hydrogens (tertiary/aromatic N) is 3. The van der Waals surface area contributed by atoms with E-state index in [1.807, 2.05) is 43.0 Å². The number of hydrogen-bond donors (Lipinski definition) is 1. The highest BCUT2D eigenvalue weighted by atomic mass is 35.5. The number of halogens is 1. The predicted octanol–water partition coefficient (Wildman–Crippen LogP) is 4.92. The van der Waals surface area contributed by atoms with Gasteiger partial charge in [-0.2, -0.15) is 0 Å². The molecule has 32 heavy (non-hydrogen) atoms. The maximum absolute atomic E-state index is 12.5. The van der Waals surface area contributed by atoms with Gasteiger partial charge in [-0.15, -0.1) is 0 Å². The molecule has 1 spiro atoms. The summed E-state index contributed by atoms with van der Waals surface area (Å²) >= 11 is 6.65. The van der Waals surface area contributed by atoms with E-state index in [0.717, 1.165) is 36.8 Å². The molecule has 3 heterocycles. The molecule has 1 aliphatic carbocycles. The molecule has 3 fully saturated rings. The normalized spacial score (nSPS) is 19.4. The van der Waals surface area contributed by atoms with Gasteiger partial charge in [-0.1, -0.05) is 37.6 Å². The van der Waals surface area contributed by atoms with Crippen LogP contribution in [-0.4, -0.2) is 34.9 Å². The molecule has 0 bridgehead atoms. The highest BCUT2D eigenvalue weighted by molar-refractivity contribution is 6.36. The lowest BCUT2D eigenvalue weighted by molar-refractivity contribution is -0.120. The van der Waals surface area contributed by atoms with Gasteiger partial charge in [0.05, 0.1) is 10.7 Å². The Morgan fingerprint density at radius 1 is 1.03 bits per heavy atom. The lowest BCUT2D eigenvalue weighted by atomic mass is 9.75. The first-order valence-electron chi connectivity index (χ1n) is 11.2. The highest BCUT2D eigenvalue weighted by Crippen LogP contribution is 2.47. The van der Waals surface area contributed by atoms with Crippen molar-refractivity contribution >= 4 is 41.0 Å². The van der Waals surface area contributed by atoms with Crippen LogP contribution in [0.5, 0.6) is 0 Å². The molecule has 2 aromatic rings. The number of carbonyl (C=O) groups excluding carboxylic acids is 3. The molecule has 8 heteroatoms. The maximum Gasteiger partial charge on any atom is 0.328 e. The van der Waals surface area contributed by atoms with Crippen molar-refractivity contribution in [3.8, 4) is 11.1 Å². The van der Waals surface area contributed by atoms with Gasteiger partial charge in [0, 0.05) is 42.2 Å². The summed E-state index contributed by atoms with van der Waals surface area (Å²) in [5.74, 6) is 0.534. The van der Waals surface area contributed by atoms with Crippen LogP contribution in [0.1, 0.15) is 52.4 Å². The topological polar surface area (TPSA) is 82.6 Å². The number of imide groups is 1. The molecule has 168 valence electrons. The zero-order valence-corrected chi connectivity index (χ0v) is 19.1. The van der Waals surface area contributed by atoms with Crippen molar-refractivity contribution in [2.45, 2.75) is 57.9 Å². The zero-order valence-electron chi connectivity index (χ0n) is 18.4. The van der Waals surface area contributed by atoms with Crippen molar-refractivity contribution in [2.75, 3.05) is 16.3 Å². The van der Waals surface area contributed by atoms with E-state index in [0.29, 0.717) is 22.9 Å². The van der Waals surface area contributed by atoms with Crippen LogP contribution >= 0.6 is 11.6 Å². The average molecular weight is 455 g/mol. The number of carbonyl (C=O) groups is 3. The van der Waals surface area contributed by atoms with Gasteiger partial charge in [0.15, 0.2) is 0 Å². The quantitative estimate of drug-likeness (QED) is 0.713. The van der Waals surface area contributed by atoms with Crippen LogP contribution in [0, 0.1) is 0 Å². The Bertz CT molecular complexity index is 1050. The van der Waals surface area contributed by atoms with Crippen LogP contribution in [0.3, 0.4) is 0 Å². The first kappa shape index (κ1) is 22.3. The second-order valence-electron chi connectivity index (χ2n) is 8.11. The van der Waals surface area contributed by atoms with E-state index in [4.69, 9.17) is 11.6 Å². The molecule has 1 saturated carbocycles. The summed E-state index contributed by atoms with van der Waals surface area (Å²) in [6.07, 6.45) is 6.67. The molecule has 3 aliphatic rings. The second-order valence-corrected chi connectivity index (χ2v) is 8.48. The van der Waals surface area contributed by atoms with Crippen molar-refractivity contribution in [2.24, 2.45) is 0 Å². The molecule has 0 radical (unpaired) electrons. The Hall–Kier alpha value is -2.93. The zero-order chi connectivity index (χ0) is 22.9. The fourth-order valence-corrected chi connectivity index (χ4v) is 5.02. The van der Waals surface area contributed by atoms with Crippen molar-refractivity contribution in [1.82, 2.24) is 10.3 Å². The van der Waals surface area contributed by atoms with E-state index in [1.165, 1.54) is 4.90 Å². The number of nitrogens with one attached hydrogen (secondary N) is 1. The molecule has 7 nitrogen and oxygen atoms in total. The highest BCUT2D eigenvalue weighted by Gasteiger charge is 2.50. The number of amides is 4. The van der Waals surface area contributed by atoms with E-state index in [9.17, 15) is 14.4 Å². The SMILES string of the molecule is CC.O=C1CCN(c2cccc(-c3ccc(N4C(=O)CCC45CCC5)nc3)c2Cl)C(=O)N1. The van der Waals surface area contributed by atoms with Crippen molar-refractivity contribution in [3.05, 3.63) is 41.6 Å². The Labute approximate surface area is 192 Å². The number of hydrogen-bond acceptors (Lipinski definition) is 4. The van der Waals surface area contributed by atoms with E-state index in [1.54, 1.807) is 12.3 Å². The standard InChI is InChI=1S/C22H21ClN4O3.C2H6/c23-20-15(3-1-4-16(20)26-12-8-18(28)25-21(26)30)14-5-6-17(24-13-14)27-19(29)7-11-22(27)9-2-10-22;1-2/h1,3-6,13H,2,7-12H2,(H,25,28,30);1-2H3. The van der Waals surface area contributed by atoms with Gasteiger partial charge in [-0.05, 0) is 43.9 Å². The predicted molar refractivity (Wildman–Crippen MR) is 125 cm³/mol. The van der Waals surface area contributed by atoms with Crippen LogP contribution in [0.25, 0.3) is 11.1 Å². The molecule has 0 unspecified atom stereocenters. The Morgan fingerprint density at radius 2 is 1.81 bits per heavy atom. The van der Waals surface area contributed by atoms with E-state index >= 15 is 0 Å². The van der Waals surface area contributed by atoms with Gasteiger partial charge in [0.1, 0.15) is 5.82 Å². The first-order chi connectivity index (χ1) is 15.5. The molecule has 2 saturated heterocycles. The Morgan fingerprint density at radius 3 is 2.44 bits per heavy atom. The minimum Gasteiger partial charge on any atom is -0.292 e. The number of rotatable bonds is 3. The third kappa shape index (κ3) is 3.75. The second kappa shape index (κ2) is 8.90. The monoisotopic (exact) mass is 454 g/mol. The first-order valence-corrected chi connectivity index (χ1v) is 11.6. The van der Waals surface area contributed by atoms with Gasteiger partial charge < -0.3 is 0 Å². The molecule has 1 aromatic carbocycles. The van der Waals surface area contributed by atoms with Crippen LogP contribution in [0.4, 0.5) is 16.3 Å². The minimum atomic E-state index is -0.475. The summed E-state index contributed by atoms with van der Waals surface area (Å²) < 4.78 is 0. The van der Waals surface area contributed by atoms with Crippen LogP contribution in [0.2, 0.25) is 5.02 Å². The van der Waals surface area contributed by atoms with Gasteiger partial charge in [0.2, 0.25) is 11.8 Å². The van der Waals surface area contributed by atoms with E-state index in [2.05, 4.69) is 10.3 Å². The third-order valence-electron chi connectivity index (χ3n) is 6.42. The third-order valence-corrected chi connectivity index (χ3v) is 6.82. The van der Waals surface area contributed by atoms with Gasteiger partial charge in [-0.25, -0.2) is 9.78 Å². The van der Waals surface area contributed by atoms with Gasteiger partial charge in [0.25, 0.3) is 0 Å². The molecule has 2 aliphatic heterocycles. The molecule has 4 amide bonds. The van der Waals surface area contributed by atoms with Gasteiger partial charge >= 0.3 is 6.03 Å². The van der Waals surface area contributed by atoms with Gasteiger partial charge in [-0.3, -0.25) is 24.7 Å². The molecular weight excluding hydrogens is 428 g/mol. The lowest BCUT2D eigenvalue weighted by Crippen LogP contribution is -2.51. The number of urea groups is 1. The molecular formula is C24H27ClN4O3. The molecule has 1 aromatic heterocycles. The van der Waals surface area contributed by atoms with E-state index in [-0.39, 0.29) is 30.3 Å².